The summed E-state index contributed by atoms with van der Waals surface area (Å²) in [5, 5.41) is 10.0. The van der Waals surface area contributed by atoms with Crippen molar-refractivity contribution in [2.24, 2.45) is 11.8 Å². The number of nitrogens with two attached hydrogens (primary N) is 1. The van der Waals surface area contributed by atoms with Gasteiger partial charge in [0.05, 0.1) is 11.4 Å². The molecule has 1 heterocycles. The van der Waals surface area contributed by atoms with Crippen molar-refractivity contribution in [2.45, 2.75) is 45.1 Å². The van der Waals surface area contributed by atoms with Crippen LogP contribution in [0.4, 0.5) is 5.69 Å². The Morgan fingerprint density at radius 2 is 2.06 bits per heavy atom. The predicted molar refractivity (Wildman–Crippen MR) is 69.1 cm³/mol. The average Bonchev–Trinajstić information content (AvgIpc) is 3.25. The Kier molecular flexibility index (Phi) is 2.76. The van der Waals surface area contributed by atoms with E-state index in [9.17, 15) is 4.79 Å². The van der Waals surface area contributed by atoms with E-state index in [4.69, 9.17) is 5.73 Å². The van der Waals surface area contributed by atoms with Gasteiger partial charge in [0.1, 0.15) is 0 Å². The van der Waals surface area contributed by atoms with Crippen molar-refractivity contribution in [2.75, 3.05) is 5.73 Å². The van der Waals surface area contributed by atoms with Crippen molar-refractivity contribution >= 4 is 11.6 Å². The van der Waals surface area contributed by atoms with Crippen molar-refractivity contribution < 1.29 is 4.79 Å². The minimum Gasteiger partial charge on any atom is -0.395 e. The zero-order valence-electron chi connectivity index (χ0n) is 10.7. The van der Waals surface area contributed by atoms with Gasteiger partial charge in [0, 0.05) is 6.04 Å². The van der Waals surface area contributed by atoms with Crippen LogP contribution in [0.5, 0.6) is 0 Å². The Morgan fingerprint density at radius 3 is 2.50 bits per heavy atom. The first-order valence-electron chi connectivity index (χ1n) is 6.84. The molecular formula is C13H20N4O. The van der Waals surface area contributed by atoms with Crippen LogP contribution >= 0.6 is 0 Å². The second kappa shape index (κ2) is 4.30. The highest BCUT2D eigenvalue weighted by Crippen LogP contribution is 2.44. The first kappa shape index (κ1) is 11.6. The standard InChI is InChI=1S/C13H20N4O/c1-2-9-10(14)12(17-16-9)13(18)15-11(7-3-4-7)8-5-6-8/h7-8,11H,2-6,14H2,1H3,(H,15,18)(H,16,17). The molecule has 0 aliphatic heterocycles. The number of hydrogen-bond donors (Lipinski definition) is 3. The molecule has 1 aromatic heterocycles. The van der Waals surface area contributed by atoms with E-state index in [2.05, 4.69) is 15.5 Å². The monoisotopic (exact) mass is 248 g/mol. The van der Waals surface area contributed by atoms with E-state index in [1.54, 1.807) is 0 Å². The fraction of sp³-hybridized carbons (Fsp3) is 0.692. The second-order valence-corrected chi connectivity index (χ2v) is 5.49. The van der Waals surface area contributed by atoms with E-state index in [-0.39, 0.29) is 5.91 Å². The fourth-order valence-corrected chi connectivity index (χ4v) is 2.58. The van der Waals surface area contributed by atoms with Crippen molar-refractivity contribution in [1.82, 2.24) is 15.5 Å². The quantitative estimate of drug-likeness (QED) is 0.737. The van der Waals surface area contributed by atoms with Gasteiger partial charge in [0.15, 0.2) is 5.69 Å². The number of nitrogen functional groups attached to an aromatic ring is 1. The van der Waals surface area contributed by atoms with Crippen LogP contribution < -0.4 is 11.1 Å². The Bertz CT molecular complexity index is 448. The Hall–Kier alpha value is -1.52. The summed E-state index contributed by atoms with van der Waals surface area (Å²) in [6, 6.07) is 0.346. The number of anilines is 1. The van der Waals surface area contributed by atoms with Gasteiger partial charge in [-0.2, -0.15) is 5.10 Å². The van der Waals surface area contributed by atoms with Gasteiger partial charge in [-0.05, 0) is 43.9 Å². The molecular weight excluding hydrogens is 228 g/mol. The van der Waals surface area contributed by atoms with E-state index >= 15 is 0 Å². The van der Waals surface area contributed by atoms with Crippen LogP contribution in [0.15, 0.2) is 0 Å². The number of nitrogens with one attached hydrogen (secondary N) is 2. The van der Waals surface area contributed by atoms with E-state index in [1.807, 2.05) is 6.92 Å². The first-order valence-corrected chi connectivity index (χ1v) is 6.84. The van der Waals surface area contributed by atoms with Crippen LogP contribution in [-0.4, -0.2) is 22.1 Å². The number of H-pyrrole nitrogens is 1. The molecule has 0 radical (unpaired) electrons. The van der Waals surface area contributed by atoms with Gasteiger partial charge in [-0.25, -0.2) is 0 Å². The molecule has 1 aromatic rings. The summed E-state index contributed by atoms with van der Waals surface area (Å²) in [7, 11) is 0. The Morgan fingerprint density at radius 1 is 1.44 bits per heavy atom. The highest BCUT2D eigenvalue weighted by molar-refractivity contribution is 5.97. The molecule has 2 aliphatic carbocycles. The maximum Gasteiger partial charge on any atom is 0.274 e. The average molecular weight is 248 g/mol. The summed E-state index contributed by atoms with van der Waals surface area (Å²) in [6.45, 7) is 1.99. The lowest BCUT2D eigenvalue weighted by atomic mass is 10.1. The number of carbonyl (C=O) groups is 1. The molecule has 0 aromatic carbocycles. The maximum atomic E-state index is 12.2. The van der Waals surface area contributed by atoms with Crippen LogP contribution in [-0.2, 0) is 6.42 Å². The fourth-order valence-electron chi connectivity index (χ4n) is 2.58. The van der Waals surface area contributed by atoms with Crippen molar-refractivity contribution in [3.8, 4) is 0 Å². The van der Waals surface area contributed by atoms with Crippen LogP contribution in [0.25, 0.3) is 0 Å². The second-order valence-electron chi connectivity index (χ2n) is 5.49. The zero-order valence-corrected chi connectivity index (χ0v) is 10.7. The maximum absolute atomic E-state index is 12.2. The van der Waals surface area contributed by atoms with Crippen LogP contribution in [0.2, 0.25) is 0 Å². The highest BCUT2D eigenvalue weighted by atomic mass is 16.2. The predicted octanol–water partition coefficient (Wildman–Crippen LogP) is 1.47. The van der Waals surface area contributed by atoms with E-state index in [0.717, 1.165) is 12.1 Å². The molecule has 5 nitrogen and oxygen atoms in total. The van der Waals surface area contributed by atoms with E-state index < -0.39 is 0 Å². The number of aryl methyl sites for hydroxylation is 1. The van der Waals surface area contributed by atoms with Gasteiger partial charge in [0.2, 0.25) is 0 Å². The van der Waals surface area contributed by atoms with E-state index in [1.165, 1.54) is 25.7 Å². The summed E-state index contributed by atoms with van der Waals surface area (Å²) >= 11 is 0. The molecule has 2 aliphatic rings. The van der Waals surface area contributed by atoms with Crippen LogP contribution in [0.1, 0.15) is 48.8 Å². The van der Waals surface area contributed by atoms with Gasteiger partial charge in [-0.3, -0.25) is 9.89 Å². The lowest BCUT2D eigenvalue weighted by Crippen LogP contribution is -2.38. The summed E-state index contributed by atoms with van der Waals surface area (Å²) in [6.07, 6.45) is 5.76. The highest BCUT2D eigenvalue weighted by Gasteiger charge is 2.42. The summed E-state index contributed by atoms with van der Waals surface area (Å²) in [5.41, 5.74) is 7.62. The SMILES string of the molecule is CCc1[nH]nc(C(=O)NC(C2CC2)C2CC2)c1N. The number of aromatic amines is 1. The minimum absolute atomic E-state index is 0.118. The molecule has 5 heteroatoms. The van der Waals surface area contributed by atoms with Crippen molar-refractivity contribution in [3.63, 3.8) is 0 Å². The molecule has 18 heavy (non-hydrogen) atoms. The number of rotatable bonds is 5. The molecule has 2 fully saturated rings. The molecule has 0 spiro atoms. The lowest BCUT2D eigenvalue weighted by molar-refractivity contribution is 0.0922. The van der Waals surface area contributed by atoms with Gasteiger partial charge in [0.25, 0.3) is 5.91 Å². The molecule has 4 N–H and O–H groups in total. The van der Waals surface area contributed by atoms with E-state index in [0.29, 0.717) is 29.3 Å². The largest absolute Gasteiger partial charge is 0.395 e. The molecule has 3 rings (SSSR count). The van der Waals surface area contributed by atoms with Crippen LogP contribution in [0.3, 0.4) is 0 Å². The summed E-state index contributed by atoms with van der Waals surface area (Å²) in [4.78, 5) is 12.2. The number of nitrogens with zero attached hydrogens (tertiary/aromatic N) is 1. The number of aromatic nitrogens is 2. The molecule has 0 saturated heterocycles. The molecule has 1 amide bonds. The molecule has 0 bridgehead atoms. The molecule has 98 valence electrons. The summed E-state index contributed by atoms with van der Waals surface area (Å²) < 4.78 is 0. The third-order valence-corrected chi connectivity index (χ3v) is 4.01. The van der Waals surface area contributed by atoms with Gasteiger partial charge < -0.3 is 11.1 Å². The van der Waals surface area contributed by atoms with Gasteiger partial charge >= 0.3 is 0 Å². The summed E-state index contributed by atoms with van der Waals surface area (Å²) in [5.74, 6) is 1.26. The number of amides is 1. The van der Waals surface area contributed by atoms with Crippen molar-refractivity contribution in [3.05, 3.63) is 11.4 Å². The van der Waals surface area contributed by atoms with Crippen molar-refractivity contribution in [1.29, 1.82) is 0 Å². The number of carbonyl (C=O) groups excluding carboxylic acids is 1. The number of hydrogen-bond acceptors (Lipinski definition) is 3. The third kappa shape index (κ3) is 2.09. The first-order chi connectivity index (χ1) is 8.70. The lowest BCUT2D eigenvalue weighted by Gasteiger charge is -2.16. The molecule has 0 atom stereocenters. The molecule has 2 saturated carbocycles. The zero-order chi connectivity index (χ0) is 12.7. The topological polar surface area (TPSA) is 83.8 Å². The third-order valence-electron chi connectivity index (χ3n) is 4.01. The Balaban J connectivity index is 1.71. The van der Waals surface area contributed by atoms with Crippen LogP contribution in [0, 0.1) is 11.8 Å². The van der Waals surface area contributed by atoms with Gasteiger partial charge in [-0.15, -0.1) is 0 Å². The smallest absolute Gasteiger partial charge is 0.274 e. The normalized spacial score (nSPS) is 19.2. The Labute approximate surface area is 107 Å². The minimum atomic E-state index is -0.118. The molecule has 0 unspecified atom stereocenters. The van der Waals surface area contributed by atoms with Gasteiger partial charge in [-0.1, -0.05) is 6.92 Å².